The number of rotatable bonds is 4. The van der Waals surface area contributed by atoms with E-state index < -0.39 is 5.41 Å². The van der Waals surface area contributed by atoms with Crippen LogP contribution in [-0.2, 0) is 14.9 Å². The van der Waals surface area contributed by atoms with Gasteiger partial charge in [-0.25, -0.2) is 0 Å². The Labute approximate surface area is 134 Å². The Morgan fingerprint density at radius 2 is 2.10 bits per heavy atom. The van der Waals surface area contributed by atoms with Crippen LogP contribution in [0.2, 0.25) is 0 Å². The van der Waals surface area contributed by atoms with Crippen molar-refractivity contribution in [3.63, 3.8) is 0 Å². The van der Waals surface area contributed by atoms with Crippen molar-refractivity contribution in [2.24, 2.45) is 0 Å². The minimum absolute atomic E-state index is 0.0385. The Hall–Kier alpha value is -0.870. The van der Waals surface area contributed by atoms with Crippen LogP contribution in [0.15, 0.2) is 18.2 Å². The average Bonchev–Trinajstić information content (AvgIpc) is 2.64. The molecule has 0 bridgehead atoms. The first-order valence-corrected chi connectivity index (χ1v) is 8.45. The average molecular weight is 352 g/mol. The number of carbonyl (C=O) groups is 1. The van der Waals surface area contributed by atoms with Gasteiger partial charge in [0.1, 0.15) is 0 Å². The second-order valence-corrected chi connectivity index (χ2v) is 7.90. The Balaban J connectivity index is 1.84. The third kappa shape index (κ3) is 2.42. The van der Waals surface area contributed by atoms with Crippen LogP contribution in [-0.4, -0.2) is 18.6 Å². The van der Waals surface area contributed by atoms with Crippen LogP contribution in [0.5, 0.6) is 0 Å². The minimum atomic E-state index is -0.451. The zero-order valence-corrected chi connectivity index (χ0v) is 14.4. The van der Waals surface area contributed by atoms with Gasteiger partial charge in [-0.3, -0.25) is 4.79 Å². The lowest BCUT2D eigenvalue weighted by molar-refractivity contribution is -0.119. The van der Waals surface area contributed by atoms with Gasteiger partial charge in [-0.1, -0.05) is 28.1 Å². The number of carbonyl (C=O) groups excluding carboxylic acids is 1. The number of halogens is 1. The number of hydrogen-bond donors (Lipinski definition) is 1. The van der Waals surface area contributed by atoms with Crippen LogP contribution in [0.25, 0.3) is 0 Å². The number of methoxy groups -OCH3 is 1. The lowest BCUT2D eigenvalue weighted by Gasteiger charge is -2.42. The van der Waals surface area contributed by atoms with E-state index in [1.807, 2.05) is 27.0 Å². The molecule has 4 heteroatoms. The monoisotopic (exact) mass is 351 g/mol. The molecule has 0 spiro atoms. The number of nitrogens with one attached hydrogen (secondary N) is 1. The van der Waals surface area contributed by atoms with Gasteiger partial charge in [-0.05, 0) is 56.7 Å². The van der Waals surface area contributed by atoms with Crippen molar-refractivity contribution in [1.29, 1.82) is 0 Å². The predicted octanol–water partition coefficient (Wildman–Crippen LogP) is 4.31. The highest BCUT2D eigenvalue weighted by molar-refractivity contribution is 9.09. The zero-order chi connectivity index (χ0) is 15.3. The number of anilines is 1. The molecule has 1 aromatic carbocycles. The van der Waals surface area contributed by atoms with E-state index in [4.69, 9.17) is 4.74 Å². The molecule has 3 rings (SSSR count). The highest BCUT2D eigenvalue weighted by atomic mass is 79.9. The molecule has 114 valence electrons. The molecule has 1 saturated carbocycles. The van der Waals surface area contributed by atoms with Crippen LogP contribution in [0, 0.1) is 0 Å². The third-order valence-electron chi connectivity index (χ3n) is 5.14. The first-order valence-electron chi connectivity index (χ1n) is 7.53. The minimum Gasteiger partial charge on any atom is -0.378 e. The number of alkyl halides is 1. The van der Waals surface area contributed by atoms with Crippen LogP contribution in [0.1, 0.15) is 55.5 Å². The van der Waals surface area contributed by atoms with Crippen molar-refractivity contribution in [3.05, 3.63) is 29.3 Å². The van der Waals surface area contributed by atoms with E-state index in [9.17, 15) is 4.79 Å². The molecule has 0 saturated heterocycles. The largest absolute Gasteiger partial charge is 0.378 e. The molecular weight excluding hydrogens is 330 g/mol. The van der Waals surface area contributed by atoms with E-state index in [-0.39, 0.29) is 16.3 Å². The maximum atomic E-state index is 12.0. The third-order valence-corrected chi connectivity index (χ3v) is 6.00. The second-order valence-electron chi connectivity index (χ2n) is 6.80. The summed E-state index contributed by atoms with van der Waals surface area (Å²) in [5, 5.41) is 2.96. The second kappa shape index (κ2) is 5.10. The quantitative estimate of drug-likeness (QED) is 0.820. The number of benzene rings is 1. The topological polar surface area (TPSA) is 38.3 Å². The van der Waals surface area contributed by atoms with Crippen LogP contribution >= 0.6 is 15.9 Å². The van der Waals surface area contributed by atoms with Gasteiger partial charge in [0.15, 0.2) is 0 Å². The highest BCUT2D eigenvalue weighted by Gasteiger charge is 2.41. The number of fused-ring (bicyclic) bond motifs is 1. The molecule has 1 heterocycles. The van der Waals surface area contributed by atoms with Gasteiger partial charge >= 0.3 is 0 Å². The molecule has 1 aromatic rings. The molecule has 3 nitrogen and oxygen atoms in total. The van der Waals surface area contributed by atoms with E-state index in [1.54, 1.807) is 0 Å². The molecule has 2 aliphatic rings. The van der Waals surface area contributed by atoms with Gasteiger partial charge in [-0.15, -0.1) is 0 Å². The van der Waals surface area contributed by atoms with Crippen molar-refractivity contribution in [1.82, 2.24) is 0 Å². The Kier molecular flexibility index (Phi) is 3.65. The number of amides is 1. The molecule has 1 N–H and O–H groups in total. The molecule has 1 amide bonds. The summed E-state index contributed by atoms with van der Waals surface area (Å²) in [5.74, 6) is 0.0770. The van der Waals surface area contributed by atoms with E-state index in [0.29, 0.717) is 0 Å². The molecule has 1 aliphatic heterocycles. The summed E-state index contributed by atoms with van der Waals surface area (Å²) in [6.45, 7) is 3.95. The van der Waals surface area contributed by atoms with E-state index in [1.165, 1.54) is 12.0 Å². The maximum Gasteiger partial charge on any atom is 0.234 e. The first kappa shape index (κ1) is 15.0. The number of hydrogen-bond acceptors (Lipinski definition) is 2. The molecular formula is C17H22BrNO2. The van der Waals surface area contributed by atoms with Crippen molar-refractivity contribution in [3.8, 4) is 0 Å². The Bertz CT molecular complexity index is 573. The number of ether oxygens (including phenoxy) is 1. The Morgan fingerprint density at radius 3 is 2.67 bits per heavy atom. The smallest absolute Gasteiger partial charge is 0.234 e. The summed E-state index contributed by atoms with van der Waals surface area (Å²) in [5.41, 5.74) is 2.85. The van der Waals surface area contributed by atoms with Gasteiger partial charge in [0.05, 0.1) is 11.0 Å². The molecule has 1 aliphatic carbocycles. The lowest BCUT2D eigenvalue weighted by atomic mass is 9.76. The summed E-state index contributed by atoms with van der Waals surface area (Å²) >= 11 is 3.81. The fourth-order valence-electron chi connectivity index (χ4n) is 3.29. The highest BCUT2D eigenvalue weighted by Crippen LogP contribution is 2.46. The Morgan fingerprint density at radius 1 is 1.38 bits per heavy atom. The molecule has 1 unspecified atom stereocenters. The van der Waals surface area contributed by atoms with Crippen molar-refractivity contribution in [2.45, 2.75) is 55.4 Å². The molecule has 1 fully saturated rings. The van der Waals surface area contributed by atoms with Gasteiger partial charge in [0, 0.05) is 17.6 Å². The van der Waals surface area contributed by atoms with Gasteiger partial charge in [0.2, 0.25) is 5.91 Å². The summed E-state index contributed by atoms with van der Waals surface area (Å²) in [7, 11) is 1.81. The van der Waals surface area contributed by atoms with Gasteiger partial charge in [0.25, 0.3) is 0 Å². The standard InChI is InChI=1S/C17H22BrNO2/c1-16(2)12-9-11(5-6-14(12)19-15(16)20)13(18)10-17(21-3)7-4-8-17/h5-6,9,13H,4,7-8,10H2,1-3H3,(H,19,20). The van der Waals surface area contributed by atoms with Crippen molar-refractivity contribution < 1.29 is 9.53 Å². The summed E-state index contributed by atoms with van der Waals surface area (Å²) in [6, 6.07) is 6.28. The SMILES string of the molecule is COC1(CC(Br)c2ccc3c(c2)C(C)(C)C(=O)N3)CCC1. The van der Waals surface area contributed by atoms with Crippen LogP contribution in [0.4, 0.5) is 5.69 Å². The first-order chi connectivity index (χ1) is 9.88. The normalized spacial score (nSPS) is 23.1. The van der Waals surface area contributed by atoms with E-state index in [2.05, 4.69) is 33.4 Å². The lowest BCUT2D eigenvalue weighted by Crippen LogP contribution is -2.39. The maximum absolute atomic E-state index is 12.0. The van der Waals surface area contributed by atoms with Crippen LogP contribution in [0.3, 0.4) is 0 Å². The van der Waals surface area contributed by atoms with Gasteiger partial charge in [-0.2, -0.15) is 0 Å². The molecule has 1 atom stereocenters. The van der Waals surface area contributed by atoms with Crippen molar-refractivity contribution in [2.75, 3.05) is 12.4 Å². The molecule has 21 heavy (non-hydrogen) atoms. The fraction of sp³-hybridized carbons (Fsp3) is 0.588. The predicted molar refractivity (Wildman–Crippen MR) is 88.0 cm³/mol. The summed E-state index contributed by atoms with van der Waals surface area (Å²) < 4.78 is 5.72. The fourth-order valence-corrected chi connectivity index (χ4v) is 4.17. The molecule has 0 radical (unpaired) electrons. The van der Waals surface area contributed by atoms with E-state index in [0.717, 1.165) is 30.5 Å². The zero-order valence-electron chi connectivity index (χ0n) is 12.8. The molecule has 0 aromatic heterocycles. The summed E-state index contributed by atoms with van der Waals surface area (Å²) in [6.07, 6.45) is 4.51. The van der Waals surface area contributed by atoms with Crippen LogP contribution < -0.4 is 5.32 Å². The summed E-state index contributed by atoms with van der Waals surface area (Å²) in [4.78, 5) is 12.3. The van der Waals surface area contributed by atoms with E-state index >= 15 is 0 Å². The van der Waals surface area contributed by atoms with Crippen molar-refractivity contribution >= 4 is 27.5 Å². The van der Waals surface area contributed by atoms with Gasteiger partial charge < -0.3 is 10.1 Å².